The van der Waals surface area contributed by atoms with E-state index in [4.69, 9.17) is 9.47 Å². The van der Waals surface area contributed by atoms with Crippen LogP contribution in [0.5, 0.6) is 11.5 Å². The Balaban J connectivity index is 1.95. The molecule has 1 aliphatic heterocycles. The highest BCUT2D eigenvalue weighted by Gasteiger charge is 2.48. The Morgan fingerprint density at radius 3 is 1.61 bits per heavy atom. The van der Waals surface area contributed by atoms with Gasteiger partial charge in [0.2, 0.25) is 0 Å². The lowest BCUT2D eigenvalue weighted by atomic mass is 9.42. The van der Waals surface area contributed by atoms with Crippen molar-refractivity contribution in [3.8, 4) is 11.5 Å². The maximum Gasteiger partial charge on any atom is 0.177 e. The zero-order valence-electron chi connectivity index (χ0n) is 22.9. The van der Waals surface area contributed by atoms with Crippen LogP contribution in [0, 0.1) is 10.8 Å². The van der Waals surface area contributed by atoms with Gasteiger partial charge in [0.25, 0.3) is 0 Å². The molecule has 0 bridgehead atoms. The number of hydrogen-bond donors (Lipinski definition) is 0. The van der Waals surface area contributed by atoms with E-state index in [2.05, 4.69) is 59.7 Å². The summed E-state index contributed by atoms with van der Waals surface area (Å²) in [5, 5.41) is 0. The second-order valence-electron chi connectivity index (χ2n) is 11.8. The van der Waals surface area contributed by atoms with Crippen LogP contribution in [0.4, 0.5) is 0 Å². The van der Waals surface area contributed by atoms with Gasteiger partial charge in [0, 0.05) is 0 Å². The van der Waals surface area contributed by atoms with Gasteiger partial charge in [0.1, 0.15) is 0 Å². The molecule has 1 saturated heterocycles. The minimum Gasteiger partial charge on any atom is -0.490 e. The molecular weight excluding hydrogens is 403 g/mol. The quantitative estimate of drug-likeness (QED) is 0.172. The van der Waals surface area contributed by atoms with Crippen LogP contribution >= 0.6 is 0 Å². The van der Waals surface area contributed by atoms with Crippen LogP contribution in [-0.2, 0) is 0 Å². The van der Waals surface area contributed by atoms with Crippen molar-refractivity contribution in [1.29, 1.82) is 0 Å². The minimum atomic E-state index is 0.365. The number of rotatable bonds is 17. The summed E-state index contributed by atoms with van der Waals surface area (Å²) in [6, 6.07) is 6.79. The summed E-state index contributed by atoms with van der Waals surface area (Å²) < 4.78 is 12.6. The first kappa shape index (κ1) is 28.1. The third-order valence-electron chi connectivity index (χ3n) is 8.30. The molecule has 0 atom stereocenters. The molecule has 1 fully saturated rings. The highest BCUT2D eigenvalue weighted by Crippen LogP contribution is 2.52. The van der Waals surface area contributed by atoms with Crippen molar-refractivity contribution in [2.75, 3.05) is 13.2 Å². The van der Waals surface area contributed by atoms with Gasteiger partial charge >= 0.3 is 0 Å². The fourth-order valence-electron chi connectivity index (χ4n) is 5.23. The molecule has 2 nitrogen and oxygen atoms in total. The van der Waals surface area contributed by atoms with Gasteiger partial charge in [0.15, 0.2) is 18.2 Å². The average molecular weight is 457 g/mol. The van der Waals surface area contributed by atoms with E-state index >= 15 is 0 Å². The standard InChI is InChI=1S/C30H53BO2/c1-7-9-11-13-15-17-21-32-27-20-19-26(31-24-29(3,4)30(5,6)25-31)23-28(27)33-22-18-16-14-12-10-8-2/h19-20,23H,7-18,21-22,24-25H2,1-6H3. The Labute approximate surface area is 206 Å². The molecule has 0 spiro atoms. The molecule has 188 valence electrons. The molecule has 1 heterocycles. The lowest BCUT2D eigenvalue weighted by Gasteiger charge is -2.35. The Hall–Kier alpha value is -1.12. The molecule has 33 heavy (non-hydrogen) atoms. The second-order valence-corrected chi connectivity index (χ2v) is 11.8. The Kier molecular flexibility index (Phi) is 12.2. The maximum absolute atomic E-state index is 6.33. The van der Waals surface area contributed by atoms with Gasteiger partial charge in [-0.05, 0) is 35.8 Å². The van der Waals surface area contributed by atoms with E-state index in [0.29, 0.717) is 17.5 Å². The molecule has 0 saturated carbocycles. The van der Waals surface area contributed by atoms with Crippen molar-refractivity contribution < 1.29 is 9.47 Å². The Bertz CT molecular complexity index is 651. The van der Waals surface area contributed by atoms with Crippen LogP contribution in [-0.4, -0.2) is 19.9 Å². The highest BCUT2D eigenvalue weighted by molar-refractivity contribution is 6.74. The molecule has 0 aliphatic carbocycles. The van der Waals surface area contributed by atoms with E-state index in [0.717, 1.165) is 37.6 Å². The molecule has 1 aromatic rings. The smallest absolute Gasteiger partial charge is 0.177 e. The van der Waals surface area contributed by atoms with E-state index in [9.17, 15) is 0 Å². The number of unbranched alkanes of at least 4 members (excludes halogenated alkanes) is 10. The third kappa shape index (κ3) is 9.21. The first-order valence-electron chi connectivity index (χ1n) is 14.2. The van der Waals surface area contributed by atoms with Crippen molar-refractivity contribution in [3.63, 3.8) is 0 Å². The fraction of sp³-hybridized carbons (Fsp3) is 0.800. The van der Waals surface area contributed by atoms with Crippen molar-refractivity contribution in [2.24, 2.45) is 10.8 Å². The SMILES string of the molecule is CCCCCCCCOc1ccc(B2CC(C)(C)C(C)(C)C2)cc1OCCCCCCCC. The summed E-state index contributed by atoms with van der Waals surface area (Å²) >= 11 is 0. The lowest BCUT2D eigenvalue weighted by molar-refractivity contribution is 0.177. The van der Waals surface area contributed by atoms with E-state index < -0.39 is 0 Å². The van der Waals surface area contributed by atoms with Crippen LogP contribution in [0.1, 0.15) is 119 Å². The van der Waals surface area contributed by atoms with Crippen LogP contribution in [0.15, 0.2) is 18.2 Å². The van der Waals surface area contributed by atoms with Gasteiger partial charge < -0.3 is 9.47 Å². The summed E-state index contributed by atoms with van der Waals surface area (Å²) in [6.07, 6.45) is 17.9. The van der Waals surface area contributed by atoms with Gasteiger partial charge in [0.05, 0.1) is 13.2 Å². The molecule has 2 rings (SSSR count). The summed E-state index contributed by atoms with van der Waals surface area (Å²) in [7, 11) is 0. The molecule has 0 amide bonds. The molecule has 3 heteroatoms. The van der Waals surface area contributed by atoms with E-state index in [1.54, 1.807) is 0 Å². The Morgan fingerprint density at radius 2 is 1.09 bits per heavy atom. The van der Waals surface area contributed by atoms with Crippen LogP contribution in [0.25, 0.3) is 0 Å². The van der Waals surface area contributed by atoms with Crippen LogP contribution in [0.2, 0.25) is 12.6 Å². The minimum absolute atomic E-state index is 0.365. The monoisotopic (exact) mass is 456 g/mol. The summed E-state index contributed by atoms with van der Waals surface area (Å²) in [5.74, 6) is 1.91. The topological polar surface area (TPSA) is 18.5 Å². The van der Waals surface area contributed by atoms with Gasteiger partial charge in [-0.2, -0.15) is 0 Å². The predicted molar refractivity (Wildman–Crippen MR) is 147 cm³/mol. The van der Waals surface area contributed by atoms with Gasteiger partial charge in [-0.15, -0.1) is 0 Å². The van der Waals surface area contributed by atoms with E-state index in [1.165, 1.54) is 82.3 Å². The molecule has 1 aromatic carbocycles. The molecule has 0 radical (unpaired) electrons. The first-order valence-corrected chi connectivity index (χ1v) is 14.2. The van der Waals surface area contributed by atoms with Crippen LogP contribution in [0.3, 0.4) is 0 Å². The number of benzene rings is 1. The highest BCUT2D eigenvalue weighted by atomic mass is 16.5. The van der Waals surface area contributed by atoms with Crippen molar-refractivity contribution in [1.82, 2.24) is 0 Å². The summed E-state index contributed by atoms with van der Waals surface area (Å²) in [5.41, 5.74) is 2.16. The van der Waals surface area contributed by atoms with Gasteiger partial charge in [-0.1, -0.05) is 130 Å². The lowest BCUT2D eigenvalue weighted by Crippen LogP contribution is -2.28. The Morgan fingerprint density at radius 1 is 0.636 bits per heavy atom. The van der Waals surface area contributed by atoms with Crippen molar-refractivity contribution >= 4 is 12.2 Å². The predicted octanol–water partition coefficient (Wildman–Crippen LogP) is 8.93. The second kappa shape index (κ2) is 14.3. The average Bonchev–Trinajstić information content (AvgIpc) is 3.00. The van der Waals surface area contributed by atoms with E-state index in [-0.39, 0.29) is 0 Å². The largest absolute Gasteiger partial charge is 0.490 e. The zero-order chi connectivity index (χ0) is 24.2. The molecule has 0 unspecified atom stereocenters. The van der Waals surface area contributed by atoms with Gasteiger partial charge in [-0.25, -0.2) is 0 Å². The van der Waals surface area contributed by atoms with Crippen molar-refractivity contribution in [3.05, 3.63) is 18.2 Å². The number of ether oxygens (including phenoxy) is 2. The van der Waals surface area contributed by atoms with E-state index in [1.807, 2.05) is 0 Å². The summed E-state index contributed by atoms with van der Waals surface area (Å²) in [6.45, 7) is 16.5. The third-order valence-corrected chi connectivity index (χ3v) is 8.30. The zero-order valence-corrected chi connectivity index (χ0v) is 22.9. The first-order chi connectivity index (χ1) is 15.8. The maximum atomic E-state index is 6.33. The number of hydrogen-bond acceptors (Lipinski definition) is 2. The summed E-state index contributed by atoms with van der Waals surface area (Å²) in [4.78, 5) is 0. The molecular formula is C30H53BO2. The van der Waals surface area contributed by atoms with Crippen molar-refractivity contribution in [2.45, 2.75) is 131 Å². The normalized spacial score (nSPS) is 16.8. The van der Waals surface area contributed by atoms with Crippen LogP contribution < -0.4 is 14.9 Å². The molecule has 1 aliphatic rings. The fourth-order valence-corrected chi connectivity index (χ4v) is 5.23. The molecule has 0 N–H and O–H groups in total. The van der Waals surface area contributed by atoms with Gasteiger partial charge in [-0.3, -0.25) is 0 Å². The molecule has 0 aromatic heterocycles.